The predicted octanol–water partition coefficient (Wildman–Crippen LogP) is 1.53. The fourth-order valence-corrected chi connectivity index (χ4v) is 1.95. The zero-order valence-electron chi connectivity index (χ0n) is 8.20. The first-order valence-electron chi connectivity index (χ1n) is 4.89. The lowest BCUT2D eigenvalue weighted by atomic mass is 10.1. The first-order valence-corrected chi connectivity index (χ1v) is 5.27. The Kier molecular flexibility index (Phi) is 2.89. The van der Waals surface area contributed by atoms with Crippen LogP contribution in [-0.2, 0) is 0 Å². The molecule has 2 rings (SSSR count). The van der Waals surface area contributed by atoms with Crippen LogP contribution in [-0.4, -0.2) is 30.7 Å². The molecule has 0 radical (unpaired) electrons. The highest BCUT2D eigenvalue weighted by atomic mass is 35.5. The number of likely N-dealkylation sites (N-methyl/N-ethyl adjacent to an activating group) is 1. The molecule has 1 aliphatic rings. The minimum Gasteiger partial charge on any atom is -0.365 e. The van der Waals surface area contributed by atoms with Crippen molar-refractivity contribution in [3.05, 3.63) is 23.5 Å². The lowest BCUT2D eigenvalue weighted by molar-refractivity contribution is 0.417. The van der Waals surface area contributed by atoms with Crippen molar-refractivity contribution in [2.45, 2.75) is 13.0 Å². The molecule has 0 atom stereocenters. The molecule has 0 bridgehead atoms. The van der Waals surface area contributed by atoms with Gasteiger partial charge in [0.05, 0.1) is 16.8 Å². The summed E-state index contributed by atoms with van der Waals surface area (Å²) < 4.78 is 0. The third-order valence-electron chi connectivity index (χ3n) is 2.60. The lowest BCUT2D eigenvalue weighted by Gasteiger charge is -2.39. The van der Waals surface area contributed by atoms with Gasteiger partial charge in [0.2, 0.25) is 0 Å². The van der Waals surface area contributed by atoms with Crippen molar-refractivity contribution in [3.63, 3.8) is 0 Å². The topological polar surface area (TPSA) is 28.2 Å². The van der Waals surface area contributed by atoms with E-state index in [9.17, 15) is 0 Å². The minimum atomic E-state index is 0.583. The van der Waals surface area contributed by atoms with Gasteiger partial charge in [-0.15, -0.1) is 0 Å². The van der Waals surface area contributed by atoms with E-state index in [4.69, 9.17) is 11.6 Å². The van der Waals surface area contributed by atoms with Crippen LogP contribution in [0.4, 0.5) is 5.69 Å². The smallest absolute Gasteiger partial charge is 0.0822 e. The van der Waals surface area contributed by atoms with Crippen molar-refractivity contribution in [2.24, 2.45) is 0 Å². The van der Waals surface area contributed by atoms with E-state index in [0.29, 0.717) is 6.04 Å². The molecule has 1 saturated heterocycles. The summed E-state index contributed by atoms with van der Waals surface area (Å²) in [5.74, 6) is 0. The van der Waals surface area contributed by atoms with Gasteiger partial charge in [0.1, 0.15) is 0 Å². The van der Waals surface area contributed by atoms with Crippen LogP contribution in [0.3, 0.4) is 0 Å². The molecule has 14 heavy (non-hydrogen) atoms. The molecule has 1 N–H and O–H groups in total. The van der Waals surface area contributed by atoms with Gasteiger partial charge in [0.15, 0.2) is 0 Å². The summed E-state index contributed by atoms with van der Waals surface area (Å²) in [6, 6.07) is 2.56. The Morgan fingerprint density at radius 1 is 1.64 bits per heavy atom. The van der Waals surface area contributed by atoms with Crippen LogP contribution in [0, 0.1) is 0 Å². The summed E-state index contributed by atoms with van der Waals surface area (Å²) in [6.07, 6.45) is 3.49. The van der Waals surface area contributed by atoms with Crippen molar-refractivity contribution < 1.29 is 0 Å². The van der Waals surface area contributed by atoms with E-state index in [2.05, 4.69) is 22.1 Å². The fraction of sp³-hybridized carbons (Fsp3) is 0.500. The molecule has 2 heterocycles. The average Bonchev–Trinajstić information content (AvgIpc) is 2.12. The maximum absolute atomic E-state index is 6.10. The highest BCUT2D eigenvalue weighted by molar-refractivity contribution is 6.33. The standard InChI is InChI=1S/C10H14ClN3/c1-2-14(8-5-13-6-8)10-3-4-12-7-9(10)11/h3-4,7-8,13H,2,5-6H2,1H3. The average molecular weight is 212 g/mol. The van der Waals surface area contributed by atoms with Crippen LogP contribution in [0.2, 0.25) is 5.02 Å². The number of rotatable bonds is 3. The molecular weight excluding hydrogens is 198 g/mol. The van der Waals surface area contributed by atoms with Gasteiger partial charge in [-0.3, -0.25) is 4.98 Å². The van der Waals surface area contributed by atoms with Gasteiger partial charge < -0.3 is 10.2 Å². The van der Waals surface area contributed by atoms with Crippen LogP contribution in [0.1, 0.15) is 6.92 Å². The Balaban J connectivity index is 2.22. The van der Waals surface area contributed by atoms with Gasteiger partial charge in [0.25, 0.3) is 0 Å². The fourth-order valence-electron chi connectivity index (χ4n) is 1.72. The number of hydrogen-bond donors (Lipinski definition) is 1. The van der Waals surface area contributed by atoms with Crippen LogP contribution in [0.25, 0.3) is 0 Å². The number of nitrogens with zero attached hydrogens (tertiary/aromatic N) is 2. The van der Waals surface area contributed by atoms with Crippen molar-refractivity contribution in [1.29, 1.82) is 0 Å². The summed E-state index contributed by atoms with van der Waals surface area (Å²) in [5.41, 5.74) is 1.09. The molecule has 0 spiro atoms. The summed E-state index contributed by atoms with van der Waals surface area (Å²) in [7, 11) is 0. The monoisotopic (exact) mass is 211 g/mol. The lowest BCUT2D eigenvalue weighted by Crippen LogP contribution is -2.57. The van der Waals surface area contributed by atoms with Gasteiger partial charge >= 0.3 is 0 Å². The van der Waals surface area contributed by atoms with Crippen molar-refractivity contribution in [1.82, 2.24) is 10.3 Å². The molecule has 76 valence electrons. The van der Waals surface area contributed by atoms with Crippen LogP contribution in [0.15, 0.2) is 18.5 Å². The highest BCUT2D eigenvalue weighted by Crippen LogP contribution is 2.26. The normalized spacial score (nSPS) is 16.4. The molecule has 4 heteroatoms. The second-order valence-corrected chi connectivity index (χ2v) is 3.83. The molecule has 0 aromatic carbocycles. The van der Waals surface area contributed by atoms with Crippen molar-refractivity contribution in [2.75, 3.05) is 24.5 Å². The van der Waals surface area contributed by atoms with E-state index in [1.165, 1.54) is 0 Å². The summed E-state index contributed by atoms with van der Waals surface area (Å²) in [6.45, 7) is 5.23. The number of pyridine rings is 1. The number of anilines is 1. The van der Waals surface area contributed by atoms with E-state index in [1.54, 1.807) is 12.4 Å². The Morgan fingerprint density at radius 2 is 2.43 bits per heavy atom. The van der Waals surface area contributed by atoms with E-state index in [0.717, 1.165) is 30.3 Å². The first-order chi connectivity index (χ1) is 6.83. The highest BCUT2D eigenvalue weighted by Gasteiger charge is 2.24. The number of nitrogens with one attached hydrogen (secondary N) is 1. The van der Waals surface area contributed by atoms with Gasteiger partial charge in [0, 0.05) is 32.0 Å². The molecule has 0 saturated carbocycles. The largest absolute Gasteiger partial charge is 0.365 e. The second-order valence-electron chi connectivity index (χ2n) is 3.43. The maximum Gasteiger partial charge on any atom is 0.0822 e. The SMILES string of the molecule is CCN(c1ccncc1Cl)C1CNC1. The Hall–Kier alpha value is -0.800. The van der Waals surface area contributed by atoms with Gasteiger partial charge in [-0.2, -0.15) is 0 Å². The third kappa shape index (κ3) is 1.70. The number of aromatic nitrogens is 1. The molecular formula is C10H14ClN3. The molecule has 0 amide bonds. The molecule has 1 fully saturated rings. The van der Waals surface area contributed by atoms with Crippen molar-refractivity contribution >= 4 is 17.3 Å². The molecule has 3 nitrogen and oxygen atoms in total. The van der Waals surface area contributed by atoms with Crippen LogP contribution in [0.5, 0.6) is 0 Å². The second kappa shape index (κ2) is 4.15. The minimum absolute atomic E-state index is 0.583. The summed E-state index contributed by atoms with van der Waals surface area (Å²) in [4.78, 5) is 6.31. The zero-order valence-corrected chi connectivity index (χ0v) is 8.96. The molecule has 1 aromatic heterocycles. The maximum atomic E-state index is 6.10. The summed E-state index contributed by atoms with van der Waals surface area (Å²) in [5, 5.41) is 4.00. The van der Waals surface area contributed by atoms with E-state index >= 15 is 0 Å². The number of hydrogen-bond acceptors (Lipinski definition) is 3. The predicted molar refractivity (Wildman–Crippen MR) is 58.9 cm³/mol. The molecule has 0 unspecified atom stereocenters. The quantitative estimate of drug-likeness (QED) is 0.822. The Labute approximate surface area is 89.1 Å². The first kappa shape index (κ1) is 9.74. The van der Waals surface area contributed by atoms with Gasteiger partial charge in [-0.25, -0.2) is 0 Å². The van der Waals surface area contributed by atoms with Gasteiger partial charge in [-0.05, 0) is 13.0 Å². The molecule has 1 aliphatic heterocycles. The third-order valence-corrected chi connectivity index (χ3v) is 2.89. The van der Waals surface area contributed by atoms with E-state index in [-0.39, 0.29) is 0 Å². The number of halogens is 1. The van der Waals surface area contributed by atoms with Crippen molar-refractivity contribution in [3.8, 4) is 0 Å². The molecule has 0 aliphatic carbocycles. The summed E-state index contributed by atoms with van der Waals surface area (Å²) >= 11 is 6.10. The van der Waals surface area contributed by atoms with Gasteiger partial charge in [-0.1, -0.05) is 11.6 Å². The van der Waals surface area contributed by atoms with E-state index < -0.39 is 0 Å². The Bertz CT molecular complexity index is 312. The molecule has 1 aromatic rings. The van der Waals surface area contributed by atoms with E-state index in [1.807, 2.05) is 6.07 Å². The van der Waals surface area contributed by atoms with Crippen LogP contribution < -0.4 is 10.2 Å². The zero-order chi connectivity index (χ0) is 9.97. The Morgan fingerprint density at radius 3 is 2.93 bits per heavy atom. The van der Waals surface area contributed by atoms with Crippen LogP contribution >= 0.6 is 11.6 Å².